The zero-order valence-electron chi connectivity index (χ0n) is 13.1. The zero-order valence-corrected chi connectivity index (χ0v) is 13.1. The quantitative estimate of drug-likeness (QED) is 0.928. The molecule has 0 heterocycles. The van der Waals surface area contributed by atoms with Gasteiger partial charge in [-0.15, -0.1) is 0 Å². The van der Waals surface area contributed by atoms with E-state index in [9.17, 15) is 9.90 Å². The van der Waals surface area contributed by atoms with Crippen molar-refractivity contribution < 1.29 is 14.6 Å². The predicted octanol–water partition coefficient (Wildman–Crippen LogP) is 2.85. The number of rotatable bonds is 4. The molecule has 1 aromatic rings. The van der Waals surface area contributed by atoms with Gasteiger partial charge >= 0.3 is 0 Å². The van der Waals surface area contributed by atoms with Crippen LogP contribution >= 0.6 is 0 Å². The minimum Gasteiger partial charge on any atom is -0.491 e. The topological polar surface area (TPSA) is 49.8 Å². The lowest BCUT2D eigenvalue weighted by atomic mass is 9.91. The van der Waals surface area contributed by atoms with Gasteiger partial charge in [-0.2, -0.15) is 0 Å². The summed E-state index contributed by atoms with van der Waals surface area (Å²) in [5.74, 6) is 0.721. The molecule has 0 bridgehead atoms. The van der Waals surface area contributed by atoms with Crippen molar-refractivity contribution in [3.05, 3.63) is 29.8 Å². The Hall–Kier alpha value is -1.55. The molecule has 116 valence electrons. The van der Waals surface area contributed by atoms with Crippen LogP contribution in [-0.4, -0.2) is 41.2 Å². The number of ether oxygens (including phenoxy) is 1. The molecule has 4 nitrogen and oxygen atoms in total. The Bertz CT molecular complexity index is 469. The van der Waals surface area contributed by atoms with Gasteiger partial charge < -0.3 is 14.7 Å². The van der Waals surface area contributed by atoms with Crippen LogP contribution in [0.2, 0.25) is 0 Å². The molecular weight excluding hydrogens is 266 g/mol. The second kappa shape index (κ2) is 6.94. The lowest BCUT2D eigenvalue weighted by molar-refractivity contribution is 0.0268. The Kier molecular flexibility index (Phi) is 5.23. The average Bonchev–Trinajstić information content (AvgIpc) is 2.46. The van der Waals surface area contributed by atoms with Crippen LogP contribution in [0.5, 0.6) is 5.75 Å². The first kappa shape index (κ1) is 15.8. The number of likely N-dealkylation sites (N-methyl/N-ethyl adjacent to an activating group) is 1. The monoisotopic (exact) mass is 291 g/mol. The molecule has 1 aliphatic rings. The summed E-state index contributed by atoms with van der Waals surface area (Å²) >= 11 is 0. The van der Waals surface area contributed by atoms with Crippen molar-refractivity contribution in [3.63, 3.8) is 0 Å². The molecule has 0 spiro atoms. The fraction of sp³-hybridized carbons (Fsp3) is 0.588. The second-order valence-corrected chi connectivity index (χ2v) is 6.03. The second-order valence-electron chi connectivity index (χ2n) is 6.03. The van der Waals surface area contributed by atoms with E-state index >= 15 is 0 Å². The normalized spacial score (nSPS) is 22.1. The van der Waals surface area contributed by atoms with Crippen LogP contribution in [0.3, 0.4) is 0 Å². The number of carbonyl (C=O) groups is 1. The molecular formula is C17H25NO3. The average molecular weight is 291 g/mol. The summed E-state index contributed by atoms with van der Waals surface area (Å²) in [7, 11) is 1.78. The molecule has 1 fully saturated rings. The predicted molar refractivity (Wildman–Crippen MR) is 82.6 cm³/mol. The highest BCUT2D eigenvalue weighted by molar-refractivity contribution is 5.94. The number of aliphatic hydroxyl groups is 1. The van der Waals surface area contributed by atoms with Gasteiger partial charge in [-0.1, -0.05) is 12.8 Å². The molecule has 21 heavy (non-hydrogen) atoms. The Morgan fingerprint density at radius 2 is 1.86 bits per heavy atom. The molecule has 1 N–H and O–H groups in total. The summed E-state index contributed by atoms with van der Waals surface area (Å²) in [6, 6.07) is 7.13. The van der Waals surface area contributed by atoms with Crippen molar-refractivity contribution in [2.24, 2.45) is 0 Å². The zero-order chi connectivity index (χ0) is 15.4. The Morgan fingerprint density at radius 1 is 1.24 bits per heavy atom. The largest absolute Gasteiger partial charge is 0.491 e. The molecule has 0 saturated heterocycles. The summed E-state index contributed by atoms with van der Waals surface area (Å²) in [5, 5.41) is 10.1. The van der Waals surface area contributed by atoms with E-state index in [1.54, 1.807) is 24.1 Å². The SMILES string of the molecule is CC(C)Oc1ccc(C(=O)N(C)C2CCCCC2O)cc1. The summed E-state index contributed by atoms with van der Waals surface area (Å²) in [5.41, 5.74) is 0.631. The highest BCUT2D eigenvalue weighted by atomic mass is 16.5. The fourth-order valence-corrected chi connectivity index (χ4v) is 2.85. The maximum atomic E-state index is 12.5. The van der Waals surface area contributed by atoms with E-state index in [1.165, 1.54) is 0 Å². The molecule has 1 aliphatic carbocycles. The van der Waals surface area contributed by atoms with E-state index in [2.05, 4.69) is 0 Å². The molecule has 2 atom stereocenters. The van der Waals surface area contributed by atoms with Crippen LogP contribution in [0.4, 0.5) is 0 Å². The fourth-order valence-electron chi connectivity index (χ4n) is 2.85. The van der Waals surface area contributed by atoms with Crippen molar-refractivity contribution in [1.29, 1.82) is 0 Å². The van der Waals surface area contributed by atoms with E-state index < -0.39 is 6.10 Å². The van der Waals surface area contributed by atoms with Crippen LogP contribution < -0.4 is 4.74 Å². The van der Waals surface area contributed by atoms with E-state index in [0.29, 0.717) is 5.56 Å². The highest BCUT2D eigenvalue weighted by Crippen LogP contribution is 2.24. The summed E-state index contributed by atoms with van der Waals surface area (Å²) < 4.78 is 5.58. The molecule has 1 aromatic carbocycles. The van der Waals surface area contributed by atoms with Crippen molar-refractivity contribution in [2.75, 3.05) is 7.05 Å². The Balaban J connectivity index is 2.04. The van der Waals surface area contributed by atoms with Crippen molar-refractivity contribution in [1.82, 2.24) is 4.90 Å². The molecule has 1 amide bonds. The van der Waals surface area contributed by atoms with Crippen LogP contribution in [-0.2, 0) is 0 Å². The van der Waals surface area contributed by atoms with Crippen LogP contribution in [0.1, 0.15) is 49.9 Å². The standard InChI is InChI=1S/C17H25NO3/c1-12(2)21-14-10-8-13(9-11-14)17(20)18(3)15-6-4-5-7-16(15)19/h8-12,15-16,19H,4-7H2,1-3H3. The number of hydrogen-bond acceptors (Lipinski definition) is 3. The number of benzene rings is 1. The van der Waals surface area contributed by atoms with Gasteiger partial charge in [0.2, 0.25) is 0 Å². The van der Waals surface area contributed by atoms with E-state index in [0.717, 1.165) is 31.4 Å². The smallest absolute Gasteiger partial charge is 0.253 e. The highest BCUT2D eigenvalue weighted by Gasteiger charge is 2.29. The first-order chi connectivity index (χ1) is 9.99. The summed E-state index contributed by atoms with van der Waals surface area (Å²) in [4.78, 5) is 14.2. The third kappa shape index (κ3) is 3.97. The molecule has 1 saturated carbocycles. The molecule has 0 aromatic heterocycles. The van der Waals surface area contributed by atoms with Gasteiger partial charge in [-0.05, 0) is 51.0 Å². The van der Waals surface area contributed by atoms with Gasteiger partial charge in [0.25, 0.3) is 5.91 Å². The summed E-state index contributed by atoms with van der Waals surface area (Å²) in [6.07, 6.45) is 3.48. The van der Waals surface area contributed by atoms with E-state index in [-0.39, 0.29) is 18.1 Å². The van der Waals surface area contributed by atoms with Crippen molar-refractivity contribution in [3.8, 4) is 5.75 Å². The molecule has 0 radical (unpaired) electrons. The van der Waals surface area contributed by atoms with Crippen LogP contribution in [0, 0.1) is 0 Å². The lowest BCUT2D eigenvalue weighted by Gasteiger charge is -2.35. The van der Waals surface area contributed by atoms with Crippen molar-refractivity contribution >= 4 is 5.91 Å². The summed E-state index contributed by atoms with van der Waals surface area (Å²) in [6.45, 7) is 3.94. The van der Waals surface area contributed by atoms with Gasteiger partial charge in [0.1, 0.15) is 5.75 Å². The maximum absolute atomic E-state index is 12.5. The number of nitrogens with zero attached hydrogens (tertiary/aromatic N) is 1. The van der Waals surface area contributed by atoms with Gasteiger partial charge in [-0.3, -0.25) is 4.79 Å². The first-order valence-corrected chi connectivity index (χ1v) is 7.71. The Labute approximate surface area is 126 Å². The maximum Gasteiger partial charge on any atom is 0.253 e. The van der Waals surface area contributed by atoms with Crippen LogP contribution in [0.15, 0.2) is 24.3 Å². The van der Waals surface area contributed by atoms with Crippen LogP contribution in [0.25, 0.3) is 0 Å². The lowest BCUT2D eigenvalue weighted by Crippen LogP contribution is -2.46. The molecule has 4 heteroatoms. The minimum absolute atomic E-state index is 0.0444. The third-order valence-corrected chi connectivity index (χ3v) is 3.98. The number of carbonyl (C=O) groups excluding carboxylic acids is 1. The van der Waals surface area contributed by atoms with E-state index in [1.807, 2.05) is 26.0 Å². The molecule has 2 rings (SSSR count). The molecule has 2 unspecified atom stereocenters. The Morgan fingerprint density at radius 3 is 2.43 bits per heavy atom. The van der Waals surface area contributed by atoms with Gasteiger partial charge in [0.15, 0.2) is 0 Å². The third-order valence-electron chi connectivity index (χ3n) is 3.98. The van der Waals surface area contributed by atoms with Crippen molar-refractivity contribution in [2.45, 2.75) is 57.8 Å². The molecule has 0 aliphatic heterocycles. The number of hydrogen-bond donors (Lipinski definition) is 1. The van der Waals surface area contributed by atoms with Gasteiger partial charge in [-0.25, -0.2) is 0 Å². The number of amides is 1. The minimum atomic E-state index is -0.406. The number of aliphatic hydroxyl groups excluding tert-OH is 1. The van der Waals surface area contributed by atoms with Gasteiger partial charge in [0.05, 0.1) is 18.2 Å². The first-order valence-electron chi connectivity index (χ1n) is 7.71. The van der Waals surface area contributed by atoms with Gasteiger partial charge in [0, 0.05) is 12.6 Å². The van der Waals surface area contributed by atoms with E-state index in [4.69, 9.17) is 4.74 Å².